The molecule has 3 heterocycles. The summed E-state index contributed by atoms with van der Waals surface area (Å²) in [5.41, 5.74) is 4.53. The van der Waals surface area contributed by atoms with Crippen LogP contribution in [0.5, 0.6) is 0 Å². The first-order chi connectivity index (χ1) is 16.0. The van der Waals surface area contributed by atoms with Crippen molar-refractivity contribution in [3.05, 3.63) is 70.9 Å². The lowest BCUT2D eigenvalue weighted by Gasteiger charge is -2.51. The maximum Gasteiger partial charge on any atom is 0.254 e. The number of amides is 2. The van der Waals surface area contributed by atoms with E-state index in [-0.39, 0.29) is 24.3 Å². The van der Waals surface area contributed by atoms with Gasteiger partial charge < -0.3 is 14.8 Å². The van der Waals surface area contributed by atoms with Gasteiger partial charge in [-0.15, -0.1) is 0 Å². The van der Waals surface area contributed by atoms with Crippen LogP contribution in [0.1, 0.15) is 68.3 Å². The van der Waals surface area contributed by atoms with E-state index in [9.17, 15) is 9.59 Å². The molecule has 1 aromatic heterocycles. The lowest BCUT2D eigenvalue weighted by Crippen LogP contribution is -2.67. The third-order valence-electron chi connectivity index (χ3n) is 7.64. The molecule has 1 fully saturated rings. The number of carbonyl (C=O) groups excluding carboxylic acids is 2. The highest BCUT2D eigenvalue weighted by Crippen LogP contribution is 2.48. The van der Waals surface area contributed by atoms with Crippen LogP contribution in [0, 0.1) is 0 Å². The Morgan fingerprint density at radius 3 is 2.52 bits per heavy atom. The smallest absolute Gasteiger partial charge is 0.254 e. The molecule has 0 radical (unpaired) electrons. The fourth-order valence-corrected chi connectivity index (χ4v) is 5.69. The molecule has 2 amide bonds. The van der Waals surface area contributed by atoms with Crippen molar-refractivity contribution in [1.82, 2.24) is 14.8 Å². The van der Waals surface area contributed by atoms with Crippen LogP contribution in [0.2, 0.25) is 0 Å². The third-order valence-corrected chi connectivity index (χ3v) is 7.64. The van der Waals surface area contributed by atoms with Gasteiger partial charge in [0.05, 0.1) is 12.2 Å². The summed E-state index contributed by atoms with van der Waals surface area (Å²) in [6.07, 6.45) is 4.07. The highest BCUT2D eigenvalue weighted by atomic mass is 16.2. The number of nitrogens with one attached hydrogen (secondary N) is 1. The molecule has 0 bridgehead atoms. The van der Waals surface area contributed by atoms with Gasteiger partial charge in [0.15, 0.2) is 5.54 Å². The summed E-state index contributed by atoms with van der Waals surface area (Å²) in [4.78, 5) is 34.5. The maximum absolute atomic E-state index is 13.9. The highest BCUT2D eigenvalue weighted by Gasteiger charge is 2.56. The van der Waals surface area contributed by atoms with Crippen molar-refractivity contribution in [2.45, 2.75) is 57.9 Å². The number of piperazine rings is 1. The standard InChI is InChI=1S/C28H33N3O2/c1-4-6-9-16-30-18-24(32)31-17-22(20-14-12-19(5-2)13-15-20)25-21-10-7-8-11-23(21)29-26(25)28(31,3)27(30)33/h7-8,10-15,22,29H,4-6,9,16-18H2,1-3H3. The fraction of sp³-hybridized carbons (Fsp3) is 0.429. The van der Waals surface area contributed by atoms with Crippen molar-refractivity contribution in [3.63, 3.8) is 0 Å². The molecular weight excluding hydrogens is 410 g/mol. The lowest BCUT2D eigenvalue weighted by atomic mass is 9.76. The first-order valence-electron chi connectivity index (χ1n) is 12.3. The van der Waals surface area contributed by atoms with E-state index in [4.69, 9.17) is 0 Å². The first kappa shape index (κ1) is 21.7. The summed E-state index contributed by atoms with van der Waals surface area (Å²) in [5.74, 6) is 0.0948. The Labute approximate surface area is 195 Å². The number of H-pyrrole nitrogens is 1. The van der Waals surface area contributed by atoms with E-state index >= 15 is 0 Å². The number of rotatable bonds is 6. The molecule has 0 aliphatic carbocycles. The number of para-hydroxylation sites is 1. The van der Waals surface area contributed by atoms with Gasteiger partial charge in [-0.1, -0.05) is 69.2 Å². The molecule has 2 atom stereocenters. The molecule has 5 nitrogen and oxygen atoms in total. The number of hydrogen-bond donors (Lipinski definition) is 1. The SMILES string of the molecule is CCCCCN1CC(=O)N2CC(c3ccc(CC)cc3)c3c([nH]c4ccccc34)C2(C)C1=O. The lowest BCUT2D eigenvalue weighted by molar-refractivity contribution is -0.166. The summed E-state index contributed by atoms with van der Waals surface area (Å²) in [5, 5.41) is 1.14. The van der Waals surface area contributed by atoms with Crippen molar-refractivity contribution in [1.29, 1.82) is 0 Å². The van der Waals surface area contributed by atoms with E-state index < -0.39 is 5.54 Å². The van der Waals surface area contributed by atoms with Gasteiger partial charge in [0.25, 0.3) is 5.91 Å². The van der Waals surface area contributed by atoms with Gasteiger partial charge in [0.2, 0.25) is 5.91 Å². The van der Waals surface area contributed by atoms with E-state index in [0.717, 1.165) is 47.8 Å². The molecule has 2 unspecified atom stereocenters. The minimum absolute atomic E-state index is 0.0264. The van der Waals surface area contributed by atoms with E-state index in [1.165, 1.54) is 11.1 Å². The molecule has 2 aliphatic heterocycles. The number of benzene rings is 2. The topological polar surface area (TPSA) is 56.4 Å². The van der Waals surface area contributed by atoms with Crippen LogP contribution in [0.4, 0.5) is 0 Å². The van der Waals surface area contributed by atoms with Crippen LogP contribution in [-0.2, 0) is 21.5 Å². The van der Waals surface area contributed by atoms with Crippen LogP contribution in [0.25, 0.3) is 10.9 Å². The third kappa shape index (κ3) is 3.36. The van der Waals surface area contributed by atoms with Crippen molar-refractivity contribution in [2.75, 3.05) is 19.6 Å². The summed E-state index contributed by atoms with van der Waals surface area (Å²) in [7, 11) is 0. The molecule has 33 heavy (non-hydrogen) atoms. The minimum Gasteiger partial charge on any atom is -0.356 e. The molecule has 3 aromatic rings. The monoisotopic (exact) mass is 443 g/mol. The Bertz CT molecular complexity index is 1200. The number of aryl methyl sites for hydroxylation is 1. The van der Waals surface area contributed by atoms with Gasteiger partial charge in [-0.3, -0.25) is 9.59 Å². The molecule has 5 rings (SSSR count). The van der Waals surface area contributed by atoms with Gasteiger partial charge in [-0.25, -0.2) is 0 Å². The molecular formula is C28H33N3O2. The molecule has 172 valence electrons. The van der Waals surface area contributed by atoms with E-state index in [1.807, 2.05) is 24.0 Å². The number of unbranched alkanes of at least 4 members (excludes halogenated alkanes) is 2. The molecule has 2 aliphatic rings. The zero-order valence-corrected chi connectivity index (χ0v) is 19.9. The van der Waals surface area contributed by atoms with Crippen LogP contribution >= 0.6 is 0 Å². The molecule has 0 spiro atoms. The number of hydrogen-bond acceptors (Lipinski definition) is 2. The number of aromatic amines is 1. The second-order valence-electron chi connectivity index (χ2n) is 9.62. The predicted octanol–water partition coefficient (Wildman–Crippen LogP) is 4.95. The predicted molar refractivity (Wildman–Crippen MR) is 131 cm³/mol. The van der Waals surface area contributed by atoms with Gasteiger partial charge in [0, 0.05) is 29.9 Å². The van der Waals surface area contributed by atoms with Crippen molar-refractivity contribution in [2.24, 2.45) is 0 Å². The van der Waals surface area contributed by atoms with Crippen LogP contribution in [0.15, 0.2) is 48.5 Å². The van der Waals surface area contributed by atoms with Crippen LogP contribution in [-0.4, -0.2) is 46.2 Å². The number of fused-ring (bicyclic) bond motifs is 5. The van der Waals surface area contributed by atoms with E-state index in [2.05, 4.69) is 55.2 Å². The van der Waals surface area contributed by atoms with E-state index in [0.29, 0.717) is 13.1 Å². The Morgan fingerprint density at radius 1 is 1.03 bits per heavy atom. The minimum atomic E-state index is -1.00. The number of aromatic nitrogens is 1. The molecule has 0 saturated carbocycles. The number of carbonyl (C=O) groups is 2. The van der Waals surface area contributed by atoms with Crippen LogP contribution in [0.3, 0.4) is 0 Å². The normalized spacial score (nSPS) is 22.6. The molecule has 2 aromatic carbocycles. The van der Waals surface area contributed by atoms with Gasteiger partial charge in [-0.2, -0.15) is 0 Å². The fourth-order valence-electron chi connectivity index (χ4n) is 5.69. The van der Waals surface area contributed by atoms with Gasteiger partial charge in [-0.05, 0) is 42.5 Å². The summed E-state index contributed by atoms with van der Waals surface area (Å²) < 4.78 is 0. The average molecular weight is 444 g/mol. The number of nitrogens with zero attached hydrogens (tertiary/aromatic N) is 2. The molecule has 1 N–H and O–H groups in total. The Hall–Kier alpha value is -3.08. The Balaban J connectivity index is 1.65. The van der Waals surface area contributed by atoms with Gasteiger partial charge >= 0.3 is 0 Å². The quantitative estimate of drug-likeness (QED) is 0.548. The maximum atomic E-state index is 13.9. The second kappa shape index (κ2) is 8.36. The zero-order valence-electron chi connectivity index (χ0n) is 19.9. The Kier molecular flexibility index (Phi) is 5.51. The van der Waals surface area contributed by atoms with Crippen molar-refractivity contribution in [3.8, 4) is 0 Å². The highest BCUT2D eigenvalue weighted by molar-refractivity contribution is 6.01. The van der Waals surface area contributed by atoms with E-state index in [1.54, 1.807) is 4.90 Å². The van der Waals surface area contributed by atoms with Crippen molar-refractivity contribution >= 4 is 22.7 Å². The first-order valence-corrected chi connectivity index (χ1v) is 12.3. The molecule has 1 saturated heterocycles. The zero-order chi connectivity index (χ0) is 23.2. The van der Waals surface area contributed by atoms with Gasteiger partial charge in [0.1, 0.15) is 0 Å². The second-order valence-corrected chi connectivity index (χ2v) is 9.62. The average Bonchev–Trinajstić information content (AvgIpc) is 3.23. The summed E-state index contributed by atoms with van der Waals surface area (Å²) in [6, 6.07) is 17.0. The summed E-state index contributed by atoms with van der Waals surface area (Å²) >= 11 is 0. The largest absolute Gasteiger partial charge is 0.356 e. The van der Waals surface area contributed by atoms with Crippen molar-refractivity contribution < 1.29 is 9.59 Å². The van der Waals surface area contributed by atoms with Crippen LogP contribution < -0.4 is 0 Å². The summed E-state index contributed by atoms with van der Waals surface area (Å²) in [6.45, 7) is 7.57. The molecule has 5 heteroatoms. The Morgan fingerprint density at radius 2 is 1.79 bits per heavy atom.